The van der Waals surface area contributed by atoms with E-state index in [1.807, 2.05) is 0 Å². The molecule has 0 aliphatic rings. The largest absolute Gasteiger partial charge is 1.00 e. The second-order valence-electron chi connectivity index (χ2n) is 2.88. The predicted molar refractivity (Wildman–Crippen MR) is 48.4 cm³/mol. The smallest absolute Gasteiger partial charge is 0.548 e. The molecule has 0 spiro atoms. The fourth-order valence-corrected chi connectivity index (χ4v) is 0.928. The average molecular weight is 199 g/mol. The van der Waals surface area contributed by atoms with E-state index in [1.165, 1.54) is 6.92 Å². The number of hydrogen-bond donors (Lipinski definition) is 1. The van der Waals surface area contributed by atoms with Gasteiger partial charge in [-0.05, 0) is 19.1 Å². The van der Waals surface area contributed by atoms with Gasteiger partial charge in [-0.15, -0.1) is 0 Å². The summed E-state index contributed by atoms with van der Waals surface area (Å²) in [6.07, 6.45) is 0. The van der Waals surface area contributed by atoms with E-state index in [9.17, 15) is 14.7 Å². The van der Waals surface area contributed by atoms with Crippen molar-refractivity contribution in [2.24, 2.45) is 0 Å². The number of rotatable bonds is 3. The van der Waals surface area contributed by atoms with Crippen LogP contribution in [0.4, 0.5) is 0 Å². The van der Waals surface area contributed by atoms with Crippen molar-refractivity contribution in [1.29, 1.82) is 0 Å². The molecule has 5 heteroatoms. The number of amides is 1. The minimum absolute atomic E-state index is 0. The summed E-state index contributed by atoms with van der Waals surface area (Å²) in [4.78, 5) is 21.7. The zero-order valence-electron chi connectivity index (χ0n) is 8.69. The summed E-state index contributed by atoms with van der Waals surface area (Å²) in [6.45, 7) is 1.36. The molecular weight excluding hydrogens is 189 g/mol. The van der Waals surface area contributed by atoms with Crippen molar-refractivity contribution in [3.63, 3.8) is 0 Å². The van der Waals surface area contributed by atoms with E-state index >= 15 is 0 Å². The van der Waals surface area contributed by atoms with Crippen LogP contribution in [-0.4, -0.2) is 17.9 Å². The molecule has 4 nitrogen and oxygen atoms in total. The van der Waals surface area contributed by atoms with Gasteiger partial charge in [0.15, 0.2) is 0 Å². The van der Waals surface area contributed by atoms with Crippen molar-refractivity contribution in [2.75, 3.05) is 0 Å². The minimum atomic E-state index is -1.30. The van der Waals surface area contributed by atoms with Gasteiger partial charge in [0.1, 0.15) is 0 Å². The zero-order valence-corrected chi connectivity index (χ0v) is 8.69. The number of carboxylic acid groups (broad SMARTS) is 1. The Kier molecular flexibility index (Phi) is 5.76. The van der Waals surface area contributed by atoms with Crippen LogP contribution >= 0.6 is 0 Å². The second-order valence-corrected chi connectivity index (χ2v) is 2.88. The van der Waals surface area contributed by atoms with E-state index in [-0.39, 0.29) is 18.9 Å². The van der Waals surface area contributed by atoms with Gasteiger partial charge >= 0.3 is 18.9 Å². The van der Waals surface area contributed by atoms with Gasteiger partial charge in [-0.1, -0.05) is 18.2 Å². The van der Waals surface area contributed by atoms with Crippen LogP contribution in [0.5, 0.6) is 0 Å². The van der Waals surface area contributed by atoms with Gasteiger partial charge in [-0.2, -0.15) is 0 Å². The first-order valence-electron chi connectivity index (χ1n) is 4.18. The molecule has 1 atom stereocenters. The van der Waals surface area contributed by atoms with Crippen LogP contribution in [-0.2, 0) is 4.79 Å². The zero-order chi connectivity index (χ0) is 10.6. The maximum absolute atomic E-state index is 11.4. The van der Waals surface area contributed by atoms with Crippen molar-refractivity contribution in [1.82, 2.24) is 5.32 Å². The molecule has 1 amide bonds. The van der Waals surface area contributed by atoms with Crippen LogP contribution in [0.2, 0.25) is 0 Å². The van der Waals surface area contributed by atoms with Gasteiger partial charge in [-0.25, -0.2) is 0 Å². The Labute approximate surface area is 99.9 Å². The summed E-state index contributed by atoms with van der Waals surface area (Å²) in [5.74, 6) is -1.71. The third-order valence-electron chi connectivity index (χ3n) is 1.74. The number of carboxylic acids is 1. The van der Waals surface area contributed by atoms with Crippen molar-refractivity contribution >= 4 is 11.9 Å². The SMILES string of the molecule is CC(NC(=O)c1ccccc1)C(=O)[O-].[Li+]. The number of benzene rings is 1. The average Bonchev–Trinajstić information content (AvgIpc) is 2.19. The Morgan fingerprint density at radius 3 is 2.27 bits per heavy atom. The summed E-state index contributed by atoms with van der Waals surface area (Å²) in [7, 11) is 0. The molecule has 0 aromatic heterocycles. The maximum Gasteiger partial charge on any atom is 1.00 e. The van der Waals surface area contributed by atoms with Crippen LogP contribution in [0.1, 0.15) is 17.3 Å². The first kappa shape index (κ1) is 13.8. The molecule has 1 aromatic carbocycles. The molecule has 1 N–H and O–H groups in total. The number of hydrogen-bond acceptors (Lipinski definition) is 3. The van der Waals surface area contributed by atoms with E-state index in [0.717, 1.165) is 0 Å². The van der Waals surface area contributed by atoms with Crippen LogP contribution in [0.25, 0.3) is 0 Å². The minimum Gasteiger partial charge on any atom is -0.548 e. The number of carbonyl (C=O) groups excluding carboxylic acids is 2. The molecule has 0 heterocycles. The molecule has 0 radical (unpaired) electrons. The quantitative estimate of drug-likeness (QED) is 0.515. The number of nitrogens with one attached hydrogen (secondary N) is 1. The Morgan fingerprint density at radius 2 is 1.80 bits per heavy atom. The molecule has 1 unspecified atom stereocenters. The Hall–Kier alpha value is -1.24. The molecule has 0 saturated carbocycles. The van der Waals surface area contributed by atoms with Crippen molar-refractivity contribution in [3.05, 3.63) is 35.9 Å². The monoisotopic (exact) mass is 199 g/mol. The summed E-state index contributed by atoms with van der Waals surface area (Å²) in [6, 6.07) is 7.42. The normalized spacial score (nSPS) is 11.0. The summed E-state index contributed by atoms with van der Waals surface area (Å²) >= 11 is 0. The van der Waals surface area contributed by atoms with E-state index < -0.39 is 17.9 Å². The van der Waals surface area contributed by atoms with Gasteiger partial charge < -0.3 is 15.2 Å². The first-order valence-corrected chi connectivity index (χ1v) is 4.18. The van der Waals surface area contributed by atoms with Crippen LogP contribution in [0.3, 0.4) is 0 Å². The van der Waals surface area contributed by atoms with Crippen molar-refractivity contribution in [3.8, 4) is 0 Å². The standard InChI is InChI=1S/C10H11NO3.Li/c1-7(10(13)14)11-9(12)8-5-3-2-4-6-8;/h2-7H,1H3,(H,11,12)(H,13,14);/q;+1/p-1. The van der Waals surface area contributed by atoms with E-state index in [2.05, 4.69) is 5.32 Å². The molecule has 0 saturated heterocycles. The molecule has 0 aliphatic carbocycles. The molecule has 0 fully saturated rings. The number of carbonyl (C=O) groups is 2. The first-order chi connectivity index (χ1) is 6.61. The molecule has 0 aliphatic heterocycles. The third kappa shape index (κ3) is 4.20. The van der Waals surface area contributed by atoms with Crippen molar-refractivity contribution in [2.45, 2.75) is 13.0 Å². The van der Waals surface area contributed by atoms with Gasteiger partial charge in [0, 0.05) is 5.56 Å². The maximum atomic E-state index is 11.4. The molecule has 74 valence electrons. The molecule has 1 aromatic rings. The summed E-state index contributed by atoms with van der Waals surface area (Å²) < 4.78 is 0. The Morgan fingerprint density at radius 1 is 1.27 bits per heavy atom. The van der Waals surface area contributed by atoms with Crippen LogP contribution in [0, 0.1) is 0 Å². The number of aliphatic carboxylic acids is 1. The summed E-state index contributed by atoms with van der Waals surface area (Å²) in [5.41, 5.74) is 0.431. The van der Waals surface area contributed by atoms with E-state index in [0.29, 0.717) is 5.56 Å². The molecular formula is C10H10LiNO3. The summed E-state index contributed by atoms with van der Waals surface area (Å²) in [5, 5.41) is 12.6. The van der Waals surface area contributed by atoms with Crippen LogP contribution in [0.15, 0.2) is 30.3 Å². The fraction of sp³-hybridized carbons (Fsp3) is 0.200. The van der Waals surface area contributed by atoms with E-state index in [4.69, 9.17) is 0 Å². The second kappa shape index (κ2) is 6.28. The van der Waals surface area contributed by atoms with Crippen molar-refractivity contribution < 1.29 is 33.6 Å². The fourth-order valence-electron chi connectivity index (χ4n) is 0.928. The van der Waals surface area contributed by atoms with Gasteiger partial charge in [0.25, 0.3) is 5.91 Å². The van der Waals surface area contributed by atoms with E-state index in [1.54, 1.807) is 30.3 Å². The van der Waals surface area contributed by atoms with Gasteiger partial charge in [0.05, 0.1) is 12.0 Å². The third-order valence-corrected chi connectivity index (χ3v) is 1.74. The molecule has 0 bridgehead atoms. The Bertz CT molecular complexity index is 340. The topological polar surface area (TPSA) is 69.2 Å². The molecule has 15 heavy (non-hydrogen) atoms. The molecule has 1 rings (SSSR count). The predicted octanol–water partition coefficient (Wildman–Crippen LogP) is -3.44. The van der Waals surface area contributed by atoms with Gasteiger partial charge in [-0.3, -0.25) is 4.79 Å². The van der Waals surface area contributed by atoms with Crippen LogP contribution < -0.4 is 29.3 Å². The Balaban J connectivity index is 0.00000196. The van der Waals surface area contributed by atoms with Gasteiger partial charge in [0.2, 0.25) is 0 Å².